The van der Waals surface area contributed by atoms with E-state index in [1.54, 1.807) is 0 Å². The van der Waals surface area contributed by atoms with E-state index in [0.29, 0.717) is 25.2 Å². The molecule has 2 aliphatic heterocycles. The van der Waals surface area contributed by atoms with E-state index >= 15 is 0 Å². The molecule has 2 heterocycles. The molecule has 25 heavy (non-hydrogen) atoms. The van der Waals surface area contributed by atoms with Crippen molar-refractivity contribution in [2.75, 3.05) is 19.8 Å². The Balaban J connectivity index is 1.24. The largest absolute Gasteiger partial charge is 0.374 e. The molecule has 0 aromatic heterocycles. The minimum Gasteiger partial charge on any atom is -0.374 e. The van der Waals surface area contributed by atoms with Gasteiger partial charge in [-0.1, -0.05) is 60.7 Å². The molecule has 2 fully saturated rings. The second-order valence-electron chi connectivity index (χ2n) is 6.88. The molecule has 0 saturated carbocycles. The van der Waals surface area contributed by atoms with Gasteiger partial charge in [0.05, 0.1) is 38.6 Å². The van der Waals surface area contributed by atoms with Crippen molar-refractivity contribution in [3.05, 3.63) is 71.8 Å². The number of rotatable bonds is 6. The Hall–Kier alpha value is -1.72. The van der Waals surface area contributed by atoms with Crippen LogP contribution in [0.15, 0.2) is 60.7 Å². The molecule has 0 unspecified atom stereocenters. The summed E-state index contributed by atoms with van der Waals surface area (Å²) < 4.78 is 11.9. The fourth-order valence-corrected chi connectivity index (χ4v) is 3.64. The number of fused-ring (bicyclic) bond motifs is 1. The predicted octanol–water partition coefficient (Wildman–Crippen LogP) is 3.42. The molecular weight excluding hydrogens is 314 g/mol. The summed E-state index contributed by atoms with van der Waals surface area (Å²) in [5, 5.41) is 2.10. The van der Waals surface area contributed by atoms with Crippen LogP contribution in [0.4, 0.5) is 0 Å². The van der Waals surface area contributed by atoms with Crippen molar-refractivity contribution in [3.63, 3.8) is 0 Å². The average Bonchev–Trinajstić information content (AvgIpc) is 3.06. The Labute approximate surface area is 149 Å². The van der Waals surface area contributed by atoms with Crippen molar-refractivity contribution < 1.29 is 14.3 Å². The lowest BCUT2D eigenvalue weighted by Crippen LogP contribution is -2.43. The maximum Gasteiger partial charge on any atom is 0.0813 e. The SMILES string of the molecule is c1ccc(COC[C@H]2C[C@H]3CON(Cc4ccccc4)[C@H]3CO2)cc1. The van der Waals surface area contributed by atoms with Crippen molar-refractivity contribution in [1.82, 2.24) is 5.06 Å². The molecule has 0 aliphatic carbocycles. The summed E-state index contributed by atoms with van der Waals surface area (Å²) in [5.41, 5.74) is 2.48. The van der Waals surface area contributed by atoms with Gasteiger partial charge in [-0.3, -0.25) is 4.84 Å². The number of hydrogen-bond acceptors (Lipinski definition) is 4. The lowest BCUT2D eigenvalue weighted by molar-refractivity contribution is -0.161. The van der Waals surface area contributed by atoms with Crippen molar-refractivity contribution in [2.45, 2.75) is 31.7 Å². The number of hydrogen-bond donors (Lipinski definition) is 0. The van der Waals surface area contributed by atoms with E-state index in [1.165, 1.54) is 11.1 Å². The second kappa shape index (κ2) is 8.11. The summed E-state index contributed by atoms with van der Waals surface area (Å²) in [5.74, 6) is 0.530. The Morgan fingerprint density at radius 3 is 2.40 bits per heavy atom. The van der Waals surface area contributed by atoms with Gasteiger partial charge in [0.15, 0.2) is 0 Å². The lowest BCUT2D eigenvalue weighted by atomic mass is 9.92. The van der Waals surface area contributed by atoms with E-state index in [4.69, 9.17) is 14.3 Å². The van der Waals surface area contributed by atoms with E-state index < -0.39 is 0 Å². The van der Waals surface area contributed by atoms with Crippen LogP contribution in [-0.4, -0.2) is 37.0 Å². The van der Waals surface area contributed by atoms with Gasteiger partial charge in [-0.15, -0.1) is 0 Å². The van der Waals surface area contributed by atoms with Gasteiger partial charge in [0.2, 0.25) is 0 Å². The van der Waals surface area contributed by atoms with Crippen LogP contribution in [0.1, 0.15) is 17.5 Å². The fourth-order valence-electron chi connectivity index (χ4n) is 3.64. The molecule has 0 bridgehead atoms. The van der Waals surface area contributed by atoms with E-state index in [-0.39, 0.29) is 6.10 Å². The third-order valence-electron chi connectivity index (χ3n) is 5.03. The monoisotopic (exact) mass is 339 g/mol. The highest BCUT2D eigenvalue weighted by Gasteiger charge is 2.40. The third kappa shape index (κ3) is 4.28. The van der Waals surface area contributed by atoms with E-state index in [0.717, 1.165) is 26.2 Å². The van der Waals surface area contributed by atoms with Gasteiger partial charge >= 0.3 is 0 Å². The molecule has 0 N–H and O–H groups in total. The van der Waals surface area contributed by atoms with Crippen LogP contribution < -0.4 is 0 Å². The molecule has 2 saturated heterocycles. The van der Waals surface area contributed by atoms with Crippen LogP contribution in [0.25, 0.3) is 0 Å². The van der Waals surface area contributed by atoms with Crippen molar-refractivity contribution in [2.24, 2.45) is 5.92 Å². The van der Waals surface area contributed by atoms with Crippen molar-refractivity contribution >= 4 is 0 Å². The van der Waals surface area contributed by atoms with Crippen LogP contribution in [0.2, 0.25) is 0 Å². The van der Waals surface area contributed by atoms with Crippen LogP contribution in [-0.2, 0) is 27.5 Å². The number of benzene rings is 2. The first-order valence-electron chi connectivity index (χ1n) is 9.05. The van der Waals surface area contributed by atoms with Gasteiger partial charge in [-0.2, -0.15) is 5.06 Å². The molecule has 2 aromatic rings. The highest BCUT2D eigenvalue weighted by Crippen LogP contribution is 2.32. The zero-order valence-electron chi connectivity index (χ0n) is 14.4. The zero-order valence-corrected chi connectivity index (χ0v) is 14.4. The van der Waals surface area contributed by atoms with E-state index in [1.807, 2.05) is 24.3 Å². The predicted molar refractivity (Wildman–Crippen MR) is 95.7 cm³/mol. The molecular formula is C21H25NO3. The Morgan fingerprint density at radius 1 is 0.920 bits per heavy atom. The van der Waals surface area contributed by atoms with Crippen LogP contribution in [0.5, 0.6) is 0 Å². The minimum atomic E-state index is 0.172. The standard InChI is InChI=1S/C21H25NO3/c1-3-7-17(8-4-1)12-22-21-16-24-20(11-19(21)14-25-22)15-23-13-18-9-5-2-6-10-18/h1-10,19-21H,11-16H2/t19-,20+,21-/m0/s1. The Bertz CT molecular complexity index is 649. The number of hydroxylamine groups is 2. The quantitative estimate of drug-likeness (QED) is 0.807. The highest BCUT2D eigenvalue weighted by molar-refractivity contribution is 5.15. The van der Waals surface area contributed by atoms with Gasteiger partial charge in [0, 0.05) is 12.5 Å². The molecule has 0 radical (unpaired) electrons. The normalized spacial score (nSPS) is 26.5. The smallest absolute Gasteiger partial charge is 0.0813 e. The molecule has 4 heteroatoms. The molecule has 132 valence electrons. The van der Waals surface area contributed by atoms with Crippen molar-refractivity contribution in [3.8, 4) is 0 Å². The lowest BCUT2D eigenvalue weighted by Gasteiger charge is -2.33. The molecule has 0 amide bonds. The van der Waals surface area contributed by atoms with E-state index in [9.17, 15) is 0 Å². The molecule has 4 nitrogen and oxygen atoms in total. The summed E-state index contributed by atoms with van der Waals surface area (Å²) in [6, 6.07) is 21.1. The number of ether oxygens (including phenoxy) is 2. The van der Waals surface area contributed by atoms with Crippen LogP contribution in [0, 0.1) is 5.92 Å². The highest BCUT2D eigenvalue weighted by atomic mass is 16.7. The maximum atomic E-state index is 6.05. The molecule has 2 aromatic carbocycles. The number of nitrogens with zero attached hydrogens (tertiary/aromatic N) is 1. The molecule has 4 rings (SSSR count). The summed E-state index contributed by atoms with van der Waals surface area (Å²) in [7, 11) is 0. The van der Waals surface area contributed by atoms with E-state index in [2.05, 4.69) is 41.5 Å². The second-order valence-corrected chi connectivity index (χ2v) is 6.88. The van der Waals surface area contributed by atoms with Gasteiger partial charge in [-0.05, 0) is 17.5 Å². The zero-order chi connectivity index (χ0) is 16.9. The summed E-state index contributed by atoms with van der Waals surface area (Å²) in [6.45, 7) is 3.62. The van der Waals surface area contributed by atoms with Gasteiger partial charge in [-0.25, -0.2) is 0 Å². The first kappa shape index (κ1) is 16.7. The van der Waals surface area contributed by atoms with Gasteiger partial charge in [0.1, 0.15) is 0 Å². The van der Waals surface area contributed by atoms with Gasteiger partial charge < -0.3 is 9.47 Å². The molecule has 3 atom stereocenters. The Morgan fingerprint density at radius 2 is 1.64 bits per heavy atom. The van der Waals surface area contributed by atoms with Gasteiger partial charge in [0.25, 0.3) is 0 Å². The van der Waals surface area contributed by atoms with Crippen LogP contribution in [0.3, 0.4) is 0 Å². The summed E-state index contributed by atoms with van der Waals surface area (Å²) in [4.78, 5) is 5.94. The first-order chi connectivity index (χ1) is 12.4. The topological polar surface area (TPSA) is 30.9 Å². The minimum absolute atomic E-state index is 0.172. The summed E-state index contributed by atoms with van der Waals surface area (Å²) in [6.07, 6.45) is 1.18. The Kier molecular flexibility index (Phi) is 5.43. The fraction of sp³-hybridized carbons (Fsp3) is 0.429. The van der Waals surface area contributed by atoms with Crippen molar-refractivity contribution in [1.29, 1.82) is 0 Å². The first-order valence-corrected chi connectivity index (χ1v) is 9.05. The molecule has 0 spiro atoms. The average molecular weight is 339 g/mol. The third-order valence-corrected chi connectivity index (χ3v) is 5.03. The maximum absolute atomic E-state index is 6.05. The molecule has 2 aliphatic rings. The summed E-state index contributed by atoms with van der Waals surface area (Å²) >= 11 is 0. The van der Waals surface area contributed by atoms with Crippen LogP contribution >= 0.6 is 0 Å².